The zero-order chi connectivity index (χ0) is 36.3. The first-order valence-corrected chi connectivity index (χ1v) is 17.2. The molecule has 0 heterocycles. The molecule has 0 saturated heterocycles. The number of nitrogens with one attached hydrogen (secondary N) is 1. The smallest absolute Gasteiger partial charge is 0.269 e. The molecule has 0 aliphatic heterocycles. The number of nitro benzene ring substituents is 1. The number of fused-ring (bicyclic) bond motifs is 5. The third kappa shape index (κ3) is 6.06. The van der Waals surface area contributed by atoms with Crippen molar-refractivity contribution in [1.29, 1.82) is 0 Å². The number of hydrogen-bond donors (Lipinski definition) is 4. The van der Waals surface area contributed by atoms with Gasteiger partial charge in [-0.3, -0.25) is 24.5 Å². The molecule has 0 radical (unpaired) electrons. The molecular formula is C35H43Cl2FN2O9. The van der Waals surface area contributed by atoms with Gasteiger partial charge in [-0.2, -0.15) is 0 Å². The van der Waals surface area contributed by atoms with Crippen molar-refractivity contribution in [2.45, 2.75) is 93.7 Å². The van der Waals surface area contributed by atoms with Gasteiger partial charge in [0, 0.05) is 35.5 Å². The monoisotopic (exact) mass is 724 g/mol. The number of non-ortho nitro benzene ring substituents is 1. The van der Waals surface area contributed by atoms with Gasteiger partial charge in [0.2, 0.25) is 0 Å². The van der Waals surface area contributed by atoms with E-state index >= 15 is 4.39 Å². The minimum absolute atomic E-state index is 0.0372. The number of ketones is 2. The van der Waals surface area contributed by atoms with Crippen LogP contribution in [0.5, 0.6) is 0 Å². The summed E-state index contributed by atoms with van der Waals surface area (Å²) in [7, 11) is 0. The highest BCUT2D eigenvalue weighted by atomic mass is 35.5. The SMILES string of the molecule is C[C@@H]1C[C@H]2[C@@H]3CCC4=CC(=O)C=C[C@]4(C)[C@@]3(F)[C@@H](O)C[C@]2(C)[C@@]1(O)C(=O)COCC[C@@H](NC(=O)C(C)(Cl)Cl)[C@H](O)c1ccc([N+](=O)[O-])cc1. The first kappa shape index (κ1) is 37.5. The lowest BCUT2D eigenvalue weighted by Crippen LogP contribution is -2.69. The number of halogens is 3. The summed E-state index contributed by atoms with van der Waals surface area (Å²) in [6.45, 7) is 5.74. The molecular weight excluding hydrogens is 682 g/mol. The molecule has 0 bridgehead atoms. The number of hydrogen-bond acceptors (Lipinski definition) is 9. The van der Waals surface area contributed by atoms with E-state index in [1.165, 1.54) is 43.3 Å². The molecule has 4 N–H and O–H groups in total. The number of ether oxygens (including phenoxy) is 1. The van der Waals surface area contributed by atoms with E-state index in [0.29, 0.717) is 24.8 Å². The summed E-state index contributed by atoms with van der Waals surface area (Å²) in [6.07, 6.45) is 2.44. The molecule has 4 aliphatic carbocycles. The van der Waals surface area contributed by atoms with Gasteiger partial charge >= 0.3 is 0 Å². The van der Waals surface area contributed by atoms with Crippen LogP contribution in [0.15, 0.2) is 48.1 Å². The number of nitro groups is 1. The molecule has 0 aromatic heterocycles. The Morgan fingerprint density at radius 1 is 1.22 bits per heavy atom. The third-order valence-corrected chi connectivity index (χ3v) is 12.3. The number of rotatable bonds is 11. The Balaban J connectivity index is 1.30. The molecule has 11 nitrogen and oxygen atoms in total. The predicted octanol–water partition coefficient (Wildman–Crippen LogP) is 4.63. The molecule has 3 saturated carbocycles. The number of Topliss-reactive ketones (excluding diaryl/α,β-unsaturated/α-hetero) is 1. The molecule has 49 heavy (non-hydrogen) atoms. The Morgan fingerprint density at radius 2 is 1.88 bits per heavy atom. The van der Waals surface area contributed by atoms with Crippen molar-refractivity contribution in [3.8, 4) is 0 Å². The molecule has 14 heteroatoms. The number of alkyl halides is 3. The van der Waals surface area contributed by atoms with Crippen molar-refractivity contribution in [1.82, 2.24) is 5.32 Å². The topological polar surface area (TPSA) is 176 Å². The van der Waals surface area contributed by atoms with Crippen LogP contribution in [-0.2, 0) is 19.1 Å². The number of benzene rings is 1. The second-order valence-electron chi connectivity index (χ2n) is 14.7. The van der Waals surface area contributed by atoms with Crippen molar-refractivity contribution in [3.05, 3.63) is 63.7 Å². The minimum atomic E-state index is -2.10. The first-order chi connectivity index (χ1) is 22.7. The number of carbonyl (C=O) groups is 3. The standard InChI is InChI=1S/C35H43Cl2FN2O9/c1-19-15-25-24-10-7-21-16-23(41)11-13-31(21,2)34(24,38)27(42)17-32(25,3)35(19,46)28(43)18-49-14-12-26(39-30(45)33(4,36)37)29(44)20-5-8-22(9-6-20)40(47)48/h5-6,8-9,11,13,16,19,24-27,29,42,44,46H,7,10,12,14-15,17-18H2,1-4H3,(H,39,45)/t19-,24+,25+,26-,27+,29-,31+,32+,34+,35+/m1/s1. The zero-order valence-electron chi connectivity index (χ0n) is 27.8. The van der Waals surface area contributed by atoms with Gasteiger partial charge < -0.3 is 25.4 Å². The van der Waals surface area contributed by atoms with Crippen molar-refractivity contribution in [3.63, 3.8) is 0 Å². The third-order valence-electron chi connectivity index (χ3n) is 12.0. The van der Waals surface area contributed by atoms with Gasteiger partial charge in [0.1, 0.15) is 12.2 Å². The average molecular weight is 726 g/mol. The maximum absolute atomic E-state index is 17.4. The summed E-state index contributed by atoms with van der Waals surface area (Å²) in [5.74, 6) is -3.34. The fraction of sp³-hybridized carbons (Fsp3) is 0.629. The second kappa shape index (κ2) is 13.1. The molecule has 1 amide bonds. The van der Waals surface area contributed by atoms with Crippen LogP contribution in [0.25, 0.3) is 0 Å². The number of aliphatic hydroxyl groups excluding tert-OH is 2. The largest absolute Gasteiger partial charge is 0.390 e. The maximum Gasteiger partial charge on any atom is 0.269 e. The van der Waals surface area contributed by atoms with Gasteiger partial charge in [0.25, 0.3) is 11.6 Å². The number of allylic oxidation sites excluding steroid dienone is 4. The van der Waals surface area contributed by atoms with E-state index in [4.69, 9.17) is 27.9 Å². The second-order valence-corrected chi connectivity index (χ2v) is 16.4. The van der Waals surface area contributed by atoms with Crippen LogP contribution in [0.3, 0.4) is 0 Å². The Bertz CT molecular complexity index is 1580. The first-order valence-electron chi connectivity index (χ1n) is 16.5. The van der Waals surface area contributed by atoms with E-state index in [-0.39, 0.29) is 36.5 Å². The Hall–Kier alpha value is -2.74. The van der Waals surface area contributed by atoms with Crippen molar-refractivity contribution in [2.24, 2.45) is 28.6 Å². The van der Waals surface area contributed by atoms with Gasteiger partial charge in [0.05, 0.1) is 23.2 Å². The number of carbonyl (C=O) groups excluding carboxylic acids is 3. The number of aliphatic hydroxyl groups is 3. The molecule has 4 aliphatic rings. The van der Waals surface area contributed by atoms with E-state index in [0.717, 1.165) is 0 Å². The summed E-state index contributed by atoms with van der Waals surface area (Å²) in [5.41, 5.74) is -5.70. The van der Waals surface area contributed by atoms with Gasteiger partial charge in [-0.25, -0.2) is 4.39 Å². The summed E-state index contributed by atoms with van der Waals surface area (Å²) < 4.78 is 21.3. The van der Waals surface area contributed by atoms with E-state index in [1.54, 1.807) is 26.8 Å². The van der Waals surface area contributed by atoms with Gasteiger partial charge in [-0.1, -0.05) is 48.7 Å². The molecule has 0 spiro atoms. The lowest BCUT2D eigenvalue weighted by Gasteiger charge is -2.62. The summed E-state index contributed by atoms with van der Waals surface area (Å²) >= 11 is 11.9. The zero-order valence-corrected chi connectivity index (χ0v) is 29.3. The van der Waals surface area contributed by atoms with Crippen LogP contribution in [0, 0.1) is 38.7 Å². The van der Waals surface area contributed by atoms with Crippen molar-refractivity contribution >= 4 is 46.4 Å². The van der Waals surface area contributed by atoms with Crippen LogP contribution in [0.2, 0.25) is 0 Å². The lowest BCUT2D eigenvalue weighted by atomic mass is 9.44. The summed E-state index contributed by atoms with van der Waals surface area (Å²) in [4.78, 5) is 49.1. The molecule has 10 atom stereocenters. The van der Waals surface area contributed by atoms with E-state index in [2.05, 4.69) is 5.32 Å². The van der Waals surface area contributed by atoms with Crippen LogP contribution >= 0.6 is 23.2 Å². The average Bonchev–Trinajstić information content (AvgIpc) is 3.23. The maximum atomic E-state index is 17.4. The predicted molar refractivity (Wildman–Crippen MR) is 178 cm³/mol. The highest BCUT2D eigenvalue weighted by molar-refractivity contribution is 6.57. The molecule has 268 valence electrons. The highest BCUT2D eigenvalue weighted by Crippen LogP contribution is 2.70. The molecule has 3 fully saturated rings. The molecule has 5 rings (SSSR count). The van der Waals surface area contributed by atoms with Crippen LogP contribution in [-0.4, -0.2) is 78.7 Å². The van der Waals surface area contributed by atoms with Gasteiger partial charge in [-0.15, -0.1) is 0 Å². The fourth-order valence-corrected chi connectivity index (χ4v) is 9.36. The highest BCUT2D eigenvalue weighted by Gasteiger charge is 2.75. The Kier molecular flexibility index (Phi) is 10.0. The molecule has 0 unspecified atom stereocenters. The van der Waals surface area contributed by atoms with Crippen molar-refractivity contribution in [2.75, 3.05) is 13.2 Å². The lowest BCUT2D eigenvalue weighted by molar-refractivity contribution is -0.384. The van der Waals surface area contributed by atoms with E-state index in [9.17, 15) is 39.8 Å². The van der Waals surface area contributed by atoms with Gasteiger partial charge in [-0.05, 0) is 87.6 Å². The van der Waals surface area contributed by atoms with Crippen LogP contribution in [0.4, 0.5) is 10.1 Å². The van der Waals surface area contributed by atoms with Gasteiger partial charge in [0.15, 0.2) is 21.6 Å². The number of nitrogens with zero attached hydrogens (tertiary/aromatic N) is 1. The van der Waals surface area contributed by atoms with Crippen LogP contribution in [0.1, 0.15) is 71.5 Å². The summed E-state index contributed by atoms with van der Waals surface area (Å²) in [5, 5.41) is 48.5. The van der Waals surface area contributed by atoms with E-state index < -0.39 is 85.7 Å². The minimum Gasteiger partial charge on any atom is -0.390 e. The fourth-order valence-electron chi connectivity index (χ4n) is 9.26. The Morgan fingerprint density at radius 3 is 2.49 bits per heavy atom. The summed E-state index contributed by atoms with van der Waals surface area (Å²) in [6, 6.07) is 4.09. The normalized spacial score (nSPS) is 36.5. The molecule has 1 aromatic carbocycles. The Labute approximate surface area is 294 Å². The number of amides is 1. The van der Waals surface area contributed by atoms with Crippen LogP contribution < -0.4 is 5.32 Å². The van der Waals surface area contributed by atoms with E-state index in [1.807, 2.05) is 0 Å². The van der Waals surface area contributed by atoms with Crippen molar-refractivity contribution < 1.29 is 43.8 Å². The quantitative estimate of drug-likeness (QED) is 0.110. The molecule has 1 aromatic rings.